The van der Waals surface area contributed by atoms with Crippen molar-refractivity contribution in [2.45, 2.75) is 31.3 Å². The van der Waals surface area contributed by atoms with Crippen LogP contribution in [0.1, 0.15) is 35.9 Å². The molecule has 1 aliphatic rings. The SMILES string of the molecule is CCOc1cc([C@H]2S[C@@H](C)C(=O)Nc3c2c(C)nn3-c2ccc(F)cc2)ccc1O. The number of carbonyl (C=O) groups excluding carboxylic acids is 1. The number of halogens is 1. The fourth-order valence-corrected chi connectivity index (χ4v) is 4.82. The molecule has 2 N–H and O–H groups in total. The highest BCUT2D eigenvalue weighted by molar-refractivity contribution is 8.01. The van der Waals surface area contributed by atoms with Gasteiger partial charge in [-0.2, -0.15) is 5.10 Å². The monoisotopic (exact) mass is 427 g/mol. The molecule has 0 aliphatic carbocycles. The largest absolute Gasteiger partial charge is 0.504 e. The Labute approximate surface area is 178 Å². The molecule has 0 saturated heterocycles. The molecule has 0 unspecified atom stereocenters. The number of hydrogen-bond donors (Lipinski definition) is 2. The van der Waals surface area contributed by atoms with Crippen molar-refractivity contribution in [3.05, 3.63) is 65.1 Å². The quantitative estimate of drug-likeness (QED) is 0.637. The fourth-order valence-electron chi connectivity index (χ4n) is 3.51. The van der Waals surface area contributed by atoms with Crippen molar-refractivity contribution in [1.29, 1.82) is 0 Å². The van der Waals surface area contributed by atoms with Crippen molar-refractivity contribution in [2.75, 3.05) is 11.9 Å². The van der Waals surface area contributed by atoms with Crippen molar-refractivity contribution in [3.63, 3.8) is 0 Å². The number of benzene rings is 2. The lowest BCUT2D eigenvalue weighted by atomic mass is 10.0. The lowest BCUT2D eigenvalue weighted by Gasteiger charge is -2.19. The van der Waals surface area contributed by atoms with Crippen LogP contribution in [0.4, 0.5) is 10.2 Å². The number of nitrogens with zero attached hydrogens (tertiary/aromatic N) is 2. The molecule has 8 heteroatoms. The third kappa shape index (κ3) is 3.63. The number of ether oxygens (including phenoxy) is 1. The van der Waals surface area contributed by atoms with Gasteiger partial charge >= 0.3 is 0 Å². The first kappa shape index (κ1) is 20.3. The maximum Gasteiger partial charge on any atom is 0.238 e. The molecule has 2 atom stereocenters. The Kier molecular flexibility index (Phi) is 5.42. The van der Waals surface area contributed by atoms with Crippen molar-refractivity contribution < 1.29 is 19.0 Å². The van der Waals surface area contributed by atoms with Crippen LogP contribution in [-0.4, -0.2) is 32.7 Å². The number of aromatic hydroxyl groups is 1. The van der Waals surface area contributed by atoms with Gasteiger partial charge in [0.2, 0.25) is 5.91 Å². The number of amides is 1. The highest BCUT2D eigenvalue weighted by Crippen LogP contribution is 2.47. The molecule has 0 spiro atoms. The number of hydrogen-bond acceptors (Lipinski definition) is 5. The Morgan fingerprint density at radius 1 is 1.27 bits per heavy atom. The minimum atomic E-state index is -0.340. The average molecular weight is 428 g/mol. The minimum absolute atomic E-state index is 0.0698. The molecule has 0 radical (unpaired) electrons. The van der Waals surface area contributed by atoms with Crippen LogP contribution >= 0.6 is 11.8 Å². The first-order valence-corrected chi connectivity index (χ1v) is 10.6. The van der Waals surface area contributed by atoms with Gasteiger partial charge in [0.1, 0.15) is 11.6 Å². The highest BCUT2D eigenvalue weighted by Gasteiger charge is 2.34. The summed E-state index contributed by atoms with van der Waals surface area (Å²) in [6.45, 7) is 6.02. The summed E-state index contributed by atoms with van der Waals surface area (Å²) in [5.74, 6) is 0.567. The van der Waals surface area contributed by atoms with Gasteiger partial charge in [0.25, 0.3) is 0 Å². The maximum atomic E-state index is 13.4. The van der Waals surface area contributed by atoms with Gasteiger partial charge in [0.05, 0.1) is 28.5 Å². The number of carbonyl (C=O) groups is 1. The summed E-state index contributed by atoms with van der Waals surface area (Å²) in [6.07, 6.45) is 0. The second kappa shape index (κ2) is 8.02. The van der Waals surface area contributed by atoms with E-state index in [1.54, 1.807) is 28.9 Å². The molecule has 2 heterocycles. The number of anilines is 1. The molecule has 2 aromatic carbocycles. The highest BCUT2D eigenvalue weighted by atomic mass is 32.2. The number of phenols is 1. The zero-order valence-electron chi connectivity index (χ0n) is 16.8. The summed E-state index contributed by atoms with van der Waals surface area (Å²) >= 11 is 1.51. The number of thioether (sulfide) groups is 1. The molecule has 1 amide bonds. The average Bonchev–Trinajstić information content (AvgIpc) is 2.96. The molecule has 1 aliphatic heterocycles. The molecule has 0 bridgehead atoms. The summed E-state index contributed by atoms with van der Waals surface area (Å²) < 4.78 is 20.6. The Morgan fingerprint density at radius 2 is 2.00 bits per heavy atom. The molecule has 6 nitrogen and oxygen atoms in total. The summed E-state index contributed by atoms with van der Waals surface area (Å²) in [4.78, 5) is 12.7. The number of aryl methyl sites for hydroxylation is 1. The van der Waals surface area contributed by atoms with E-state index in [1.807, 2.05) is 26.8 Å². The number of nitrogens with one attached hydrogen (secondary N) is 1. The molecule has 0 saturated carbocycles. The Balaban J connectivity index is 1.88. The van der Waals surface area contributed by atoms with Crippen LogP contribution in [0.15, 0.2) is 42.5 Å². The van der Waals surface area contributed by atoms with Gasteiger partial charge in [-0.25, -0.2) is 9.07 Å². The number of phenolic OH excluding ortho intramolecular Hbond substituents is 1. The van der Waals surface area contributed by atoms with Crippen molar-refractivity contribution >= 4 is 23.5 Å². The normalized spacial score (nSPS) is 18.5. The van der Waals surface area contributed by atoms with E-state index >= 15 is 0 Å². The summed E-state index contributed by atoms with van der Waals surface area (Å²) in [5, 5.41) is 17.2. The predicted octanol–water partition coefficient (Wildman–Crippen LogP) is 4.59. The first-order chi connectivity index (χ1) is 14.4. The summed E-state index contributed by atoms with van der Waals surface area (Å²) in [6, 6.07) is 11.2. The molecular formula is C22H22FN3O3S. The third-order valence-electron chi connectivity index (χ3n) is 4.98. The van der Waals surface area contributed by atoms with Crippen LogP contribution in [0, 0.1) is 12.7 Å². The zero-order valence-corrected chi connectivity index (χ0v) is 17.7. The van der Waals surface area contributed by atoms with Gasteiger partial charge in [-0.1, -0.05) is 6.07 Å². The molecule has 156 valence electrons. The molecule has 4 rings (SSSR count). The Hall–Kier alpha value is -3.00. The Bertz CT molecular complexity index is 1100. The molecule has 0 fully saturated rings. The minimum Gasteiger partial charge on any atom is -0.504 e. The second-order valence-corrected chi connectivity index (χ2v) is 8.49. The van der Waals surface area contributed by atoms with E-state index < -0.39 is 0 Å². The van der Waals surface area contributed by atoms with Gasteiger partial charge in [0, 0.05) is 5.56 Å². The molecule has 3 aromatic rings. The van der Waals surface area contributed by atoms with E-state index in [0.717, 1.165) is 16.8 Å². The van der Waals surface area contributed by atoms with Gasteiger partial charge < -0.3 is 15.2 Å². The van der Waals surface area contributed by atoms with E-state index in [9.17, 15) is 14.3 Å². The van der Waals surface area contributed by atoms with E-state index in [-0.39, 0.29) is 28.0 Å². The molecule has 1 aromatic heterocycles. The molecular weight excluding hydrogens is 405 g/mol. The lowest BCUT2D eigenvalue weighted by Crippen LogP contribution is -2.22. The zero-order chi connectivity index (χ0) is 21.4. The third-order valence-corrected chi connectivity index (χ3v) is 6.38. The van der Waals surface area contributed by atoms with Crippen LogP contribution < -0.4 is 10.1 Å². The van der Waals surface area contributed by atoms with Crippen LogP contribution in [0.5, 0.6) is 11.5 Å². The summed E-state index contributed by atoms with van der Waals surface area (Å²) in [7, 11) is 0. The van der Waals surface area contributed by atoms with Gasteiger partial charge in [0.15, 0.2) is 11.5 Å². The van der Waals surface area contributed by atoms with E-state index in [4.69, 9.17) is 4.74 Å². The van der Waals surface area contributed by atoms with Crippen molar-refractivity contribution in [1.82, 2.24) is 9.78 Å². The first-order valence-electron chi connectivity index (χ1n) is 9.66. The van der Waals surface area contributed by atoms with Gasteiger partial charge in [-0.15, -0.1) is 11.8 Å². The second-order valence-electron chi connectivity index (χ2n) is 7.04. The number of aromatic nitrogens is 2. The van der Waals surface area contributed by atoms with Crippen molar-refractivity contribution in [3.8, 4) is 17.2 Å². The number of fused-ring (bicyclic) bond motifs is 1. The van der Waals surface area contributed by atoms with Gasteiger partial charge in [-0.05, 0) is 62.7 Å². The lowest BCUT2D eigenvalue weighted by molar-refractivity contribution is -0.115. The van der Waals surface area contributed by atoms with Crippen LogP contribution in [0.25, 0.3) is 5.69 Å². The Morgan fingerprint density at radius 3 is 2.70 bits per heavy atom. The van der Waals surface area contributed by atoms with Crippen LogP contribution in [-0.2, 0) is 4.79 Å². The van der Waals surface area contributed by atoms with E-state index in [0.29, 0.717) is 23.9 Å². The van der Waals surface area contributed by atoms with E-state index in [1.165, 1.54) is 23.9 Å². The fraction of sp³-hybridized carbons (Fsp3) is 0.273. The number of rotatable bonds is 4. The van der Waals surface area contributed by atoms with E-state index in [2.05, 4.69) is 10.4 Å². The van der Waals surface area contributed by atoms with Crippen LogP contribution in [0.2, 0.25) is 0 Å². The van der Waals surface area contributed by atoms with Gasteiger partial charge in [-0.3, -0.25) is 4.79 Å². The standard InChI is InChI=1S/C22H22FN3O3S/c1-4-29-18-11-14(5-10-17(18)27)20-19-12(2)25-26(16-8-6-15(23)7-9-16)21(19)24-22(28)13(3)30-20/h5-11,13,20,27H,4H2,1-3H3,(H,24,28)/t13-,20+/m0/s1. The summed E-state index contributed by atoms with van der Waals surface area (Å²) in [5.41, 5.74) is 3.18. The maximum absolute atomic E-state index is 13.4. The van der Waals surface area contributed by atoms with Crippen LogP contribution in [0.3, 0.4) is 0 Å². The molecule has 30 heavy (non-hydrogen) atoms. The smallest absolute Gasteiger partial charge is 0.238 e. The van der Waals surface area contributed by atoms with Crippen molar-refractivity contribution in [2.24, 2.45) is 0 Å². The predicted molar refractivity (Wildman–Crippen MR) is 115 cm³/mol. The topological polar surface area (TPSA) is 76.4 Å².